The Hall–Kier alpha value is -2.12. The third kappa shape index (κ3) is 24.8. The monoisotopic (exact) mass is 498 g/mol. The lowest BCUT2D eigenvalue weighted by Gasteiger charge is -2.13. The van der Waals surface area contributed by atoms with Crippen LogP contribution in [0.3, 0.4) is 0 Å². The Labute approximate surface area is 211 Å². The number of nitrogens with two attached hydrogens (primary N) is 1. The zero-order valence-corrected chi connectivity index (χ0v) is 21.7. The zero-order valence-electron chi connectivity index (χ0n) is 21.7. The maximum absolute atomic E-state index is 11.9. The highest BCUT2D eigenvalue weighted by molar-refractivity contribution is 5.84. The van der Waals surface area contributed by atoms with Crippen LogP contribution in [0.25, 0.3) is 0 Å². The smallest absolute Gasteiger partial charge is 0.326 e. The van der Waals surface area contributed by atoms with E-state index in [9.17, 15) is 19.2 Å². The third-order valence-corrected chi connectivity index (χ3v) is 6.36. The molecule has 0 rings (SSSR count). The van der Waals surface area contributed by atoms with E-state index in [0.717, 1.165) is 38.5 Å². The lowest BCUT2D eigenvalue weighted by Crippen LogP contribution is -2.41. The topological polar surface area (TPSA) is 147 Å². The van der Waals surface area contributed by atoms with Gasteiger partial charge in [0.1, 0.15) is 6.04 Å². The maximum atomic E-state index is 11.9. The average Bonchev–Trinajstić information content (AvgIpc) is 2.79. The van der Waals surface area contributed by atoms with Crippen molar-refractivity contribution in [2.75, 3.05) is 0 Å². The minimum absolute atomic E-state index is 0.0230. The Morgan fingerprint density at radius 3 is 1.20 bits per heavy atom. The minimum atomic E-state index is -1.14. The predicted octanol–water partition coefficient (Wildman–Crippen LogP) is 5.71. The molecule has 2 amide bonds. The van der Waals surface area contributed by atoms with Crippen LogP contribution in [0, 0.1) is 0 Å². The van der Waals surface area contributed by atoms with Gasteiger partial charge in [-0.15, -0.1) is 0 Å². The van der Waals surface area contributed by atoms with E-state index in [4.69, 9.17) is 15.9 Å². The summed E-state index contributed by atoms with van der Waals surface area (Å²) in [6, 6.07) is -1.05. The van der Waals surface area contributed by atoms with E-state index in [-0.39, 0.29) is 18.7 Å². The van der Waals surface area contributed by atoms with Gasteiger partial charge in [-0.25, -0.2) is 4.79 Å². The summed E-state index contributed by atoms with van der Waals surface area (Å²) in [5, 5.41) is 20.2. The number of primary amides is 1. The summed E-state index contributed by atoms with van der Waals surface area (Å²) in [6.07, 6.45) is 21.8. The molecule has 0 saturated carbocycles. The molecule has 0 unspecified atom stereocenters. The fraction of sp³-hybridized carbons (Fsp3) is 0.852. The Morgan fingerprint density at radius 1 is 0.543 bits per heavy atom. The molecule has 0 saturated heterocycles. The second-order valence-electron chi connectivity index (χ2n) is 9.72. The Bertz CT molecular complexity index is 582. The van der Waals surface area contributed by atoms with Crippen LogP contribution in [-0.2, 0) is 19.2 Å². The molecule has 0 heterocycles. The van der Waals surface area contributed by atoms with Gasteiger partial charge in [0.05, 0.1) is 0 Å². The first-order valence-corrected chi connectivity index (χ1v) is 13.8. The van der Waals surface area contributed by atoms with E-state index in [1.54, 1.807) is 0 Å². The first-order chi connectivity index (χ1) is 16.8. The van der Waals surface area contributed by atoms with Crippen molar-refractivity contribution < 1.29 is 29.4 Å². The van der Waals surface area contributed by atoms with Crippen molar-refractivity contribution in [2.24, 2.45) is 5.73 Å². The normalized spacial score (nSPS) is 11.8. The zero-order chi connectivity index (χ0) is 26.2. The van der Waals surface area contributed by atoms with Crippen LogP contribution >= 0.6 is 0 Å². The van der Waals surface area contributed by atoms with E-state index in [1.807, 2.05) is 0 Å². The number of carbonyl (C=O) groups excluding carboxylic acids is 2. The number of unbranched alkanes of at least 4 members (excludes halogenated alkanes) is 17. The number of carboxylic acids is 2. The molecule has 0 aliphatic rings. The van der Waals surface area contributed by atoms with Gasteiger partial charge in [-0.05, 0) is 19.3 Å². The number of rotatable bonds is 26. The number of aliphatic carboxylic acids is 2. The molecule has 0 aromatic heterocycles. The van der Waals surface area contributed by atoms with Gasteiger partial charge in [0.25, 0.3) is 0 Å². The third-order valence-electron chi connectivity index (χ3n) is 6.36. The fourth-order valence-electron chi connectivity index (χ4n) is 4.20. The molecule has 204 valence electrons. The molecule has 0 bridgehead atoms. The second-order valence-corrected chi connectivity index (χ2v) is 9.72. The number of hydrogen-bond acceptors (Lipinski definition) is 4. The van der Waals surface area contributed by atoms with Gasteiger partial charge < -0.3 is 21.3 Å². The minimum Gasteiger partial charge on any atom is -0.481 e. The van der Waals surface area contributed by atoms with Gasteiger partial charge in [-0.1, -0.05) is 103 Å². The lowest BCUT2D eigenvalue weighted by molar-refractivity contribution is -0.142. The largest absolute Gasteiger partial charge is 0.481 e. The molecular formula is C27H50N2O6. The Kier molecular flexibility index (Phi) is 22.2. The van der Waals surface area contributed by atoms with E-state index >= 15 is 0 Å². The second kappa shape index (κ2) is 23.6. The van der Waals surface area contributed by atoms with Crippen molar-refractivity contribution in [1.29, 1.82) is 0 Å². The van der Waals surface area contributed by atoms with Gasteiger partial charge in [-0.3, -0.25) is 14.4 Å². The fourth-order valence-corrected chi connectivity index (χ4v) is 4.20. The quantitative estimate of drug-likeness (QED) is 0.112. The van der Waals surface area contributed by atoms with Gasteiger partial charge in [-0.2, -0.15) is 0 Å². The molecule has 0 aliphatic heterocycles. The van der Waals surface area contributed by atoms with Crippen molar-refractivity contribution in [3.05, 3.63) is 0 Å². The maximum Gasteiger partial charge on any atom is 0.326 e. The van der Waals surface area contributed by atoms with Crippen molar-refractivity contribution >= 4 is 23.8 Å². The van der Waals surface area contributed by atoms with E-state index < -0.39 is 23.9 Å². The molecule has 8 nitrogen and oxygen atoms in total. The van der Waals surface area contributed by atoms with Gasteiger partial charge in [0.2, 0.25) is 11.8 Å². The van der Waals surface area contributed by atoms with Gasteiger partial charge in [0, 0.05) is 19.3 Å². The van der Waals surface area contributed by atoms with Crippen LogP contribution in [0.5, 0.6) is 0 Å². The number of nitrogens with one attached hydrogen (secondary N) is 1. The van der Waals surface area contributed by atoms with Crippen LogP contribution < -0.4 is 11.1 Å². The average molecular weight is 499 g/mol. The molecular weight excluding hydrogens is 448 g/mol. The first kappa shape index (κ1) is 32.9. The van der Waals surface area contributed by atoms with E-state index in [0.29, 0.717) is 12.8 Å². The number of carboxylic acid groups (broad SMARTS) is 2. The van der Waals surface area contributed by atoms with E-state index in [1.165, 1.54) is 77.0 Å². The summed E-state index contributed by atoms with van der Waals surface area (Å²) < 4.78 is 0. The van der Waals surface area contributed by atoms with Crippen LogP contribution in [0.2, 0.25) is 0 Å². The number of hydrogen-bond donors (Lipinski definition) is 4. The van der Waals surface area contributed by atoms with Crippen molar-refractivity contribution in [1.82, 2.24) is 5.32 Å². The molecule has 1 atom stereocenters. The summed E-state index contributed by atoms with van der Waals surface area (Å²) >= 11 is 0. The SMILES string of the molecule is NC(=O)CC[C@H](NC(=O)CCCCCCCCCCCCCCCCCCCCC(=O)O)C(=O)O. The summed E-state index contributed by atoms with van der Waals surface area (Å²) in [5.74, 6) is -2.68. The molecule has 0 radical (unpaired) electrons. The Balaban J connectivity index is 3.35. The summed E-state index contributed by atoms with van der Waals surface area (Å²) in [5.41, 5.74) is 5.03. The molecule has 0 aromatic carbocycles. The van der Waals surface area contributed by atoms with Crippen LogP contribution in [-0.4, -0.2) is 40.0 Å². The molecule has 0 fully saturated rings. The van der Waals surface area contributed by atoms with Crippen molar-refractivity contribution in [2.45, 2.75) is 147 Å². The molecule has 0 aromatic rings. The molecule has 0 aliphatic carbocycles. The molecule has 5 N–H and O–H groups in total. The molecule has 0 spiro atoms. The summed E-state index contributed by atoms with van der Waals surface area (Å²) in [6.45, 7) is 0. The van der Waals surface area contributed by atoms with Crippen molar-refractivity contribution in [3.8, 4) is 0 Å². The highest BCUT2D eigenvalue weighted by Gasteiger charge is 2.20. The van der Waals surface area contributed by atoms with Gasteiger partial charge >= 0.3 is 11.9 Å². The van der Waals surface area contributed by atoms with Gasteiger partial charge in [0.15, 0.2) is 0 Å². The van der Waals surface area contributed by atoms with Crippen LogP contribution in [0.15, 0.2) is 0 Å². The first-order valence-electron chi connectivity index (χ1n) is 13.8. The predicted molar refractivity (Wildman–Crippen MR) is 138 cm³/mol. The number of carbonyl (C=O) groups is 4. The summed E-state index contributed by atoms with van der Waals surface area (Å²) in [7, 11) is 0. The van der Waals surface area contributed by atoms with Crippen LogP contribution in [0.4, 0.5) is 0 Å². The summed E-state index contributed by atoms with van der Waals surface area (Å²) in [4.78, 5) is 44.3. The highest BCUT2D eigenvalue weighted by atomic mass is 16.4. The van der Waals surface area contributed by atoms with Crippen molar-refractivity contribution in [3.63, 3.8) is 0 Å². The lowest BCUT2D eigenvalue weighted by atomic mass is 10.0. The number of amides is 2. The van der Waals surface area contributed by atoms with E-state index in [2.05, 4.69) is 5.32 Å². The van der Waals surface area contributed by atoms with Crippen LogP contribution in [0.1, 0.15) is 141 Å². The molecule has 35 heavy (non-hydrogen) atoms. The molecule has 8 heteroatoms. The standard InChI is InChI=1S/C27H50N2O6/c28-24(30)22-21-23(27(34)35)29-25(31)19-17-15-13-11-9-7-5-3-1-2-4-6-8-10-12-14-16-18-20-26(32)33/h23H,1-22H2,(H2,28,30)(H,29,31)(H,32,33)(H,34,35)/t23-/m0/s1. The Morgan fingerprint density at radius 2 is 0.886 bits per heavy atom. The highest BCUT2D eigenvalue weighted by Crippen LogP contribution is 2.15.